The molecule has 4 nitrogen and oxygen atoms in total. The number of aliphatic hydroxyl groups is 1. The second-order valence-electron chi connectivity index (χ2n) is 5.71. The molecule has 0 aromatic heterocycles. The van der Waals surface area contributed by atoms with E-state index in [2.05, 4.69) is 4.90 Å². The van der Waals surface area contributed by atoms with Gasteiger partial charge < -0.3 is 14.6 Å². The molecule has 1 fully saturated rings. The van der Waals surface area contributed by atoms with E-state index in [1.807, 2.05) is 45.2 Å². The van der Waals surface area contributed by atoms with Crippen molar-refractivity contribution in [3.63, 3.8) is 0 Å². The Kier molecular flexibility index (Phi) is 5.40. The van der Waals surface area contributed by atoms with Crippen LogP contribution in [0, 0.1) is 0 Å². The molecule has 1 heterocycles. The van der Waals surface area contributed by atoms with E-state index >= 15 is 0 Å². The molecular weight excluding hydrogens is 254 g/mol. The van der Waals surface area contributed by atoms with E-state index in [1.54, 1.807) is 0 Å². The van der Waals surface area contributed by atoms with Gasteiger partial charge in [0.05, 0.1) is 18.8 Å². The number of ether oxygens (including phenoxy) is 2. The third kappa shape index (κ3) is 4.20. The quantitative estimate of drug-likeness (QED) is 0.867. The summed E-state index contributed by atoms with van der Waals surface area (Å²) in [5.74, 6) is 0.841. The predicted octanol–water partition coefficient (Wildman–Crippen LogP) is 2.23. The zero-order valence-electron chi connectivity index (χ0n) is 12.6. The number of hydrogen-bond donors (Lipinski definition) is 1. The lowest BCUT2D eigenvalue weighted by Crippen LogP contribution is -2.35. The lowest BCUT2D eigenvalue weighted by atomic mass is 10.1. The third-order valence-corrected chi connectivity index (χ3v) is 3.63. The summed E-state index contributed by atoms with van der Waals surface area (Å²) in [5.41, 5.74) is 0.923. The predicted molar refractivity (Wildman–Crippen MR) is 79.0 cm³/mol. The van der Waals surface area contributed by atoms with Crippen molar-refractivity contribution < 1.29 is 14.6 Å². The van der Waals surface area contributed by atoms with E-state index in [0.717, 1.165) is 30.9 Å². The Balaban J connectivity index is 1.89. The van der Waals surface area contributed by atoms with Crippen LogP contribution in [0.4, 0.5) is 0 Å². The van der Waals surface area contributed by atoms with Crippen LogP contribution in [-0.4, -0.2) is 49.0 Å². The van der Waals surface area contributed by atoms with Crippen LogP contribution >= 0.6 is 0 Å². The van der Waals surface area contributed by atoms with Crippen LogP contribution in [0.15, 0.2) is 24.3 Å². The van der Waals surface area contributed by atoms with Gasteiger partial charge in [0.1, 0.15) is 5.75 Å². The van der Waals surface area contributed by atoms with Crippen LogP contribution in [0.5, 0.6) is 5.75 Å². The van der Waals surface area contributed by atoms with E-state index in [-0.39, 0.29) is 6.10 Å². The van der Waals surface area contributed by atoms with Crippen molar-refractivity contribution in [1.29, 1.82) is 0 Å². The molecule has 4 heteroatoms. The largest absolute Gasteiger partial charge is 0.491 e. The summed E-state index contributed by atoms with van der Waals surface area (Å²) in [7, 11) is 2.04. The maximum atomic E-state index is 10.3. The lowest BCUT2D eigenvalue weighted by Gasteiger charge is -2.25. The topological polar surface area (TPSA) is 41.9 Å². The van der Waals surface area contributed by atoms with Crippen LogP contribution < -0.4 is 4.74 Å². The first-order chi connectivity index (χ1) is 9.56. The van der Waals surface area contributed by atoms with Crippen molar-refractivity contribution in [2.75, 3.05) is 26.8 Å². The number of hydrogen-bond acceptors (Lipinski definition) is 4. The second-order valence-corrected chi connectivity index (χ2v) is 5.71. The molecule has 2 unspecified atom stereocenters. The standard InChI is InChI=1S/C16H25NO3/c1-12(2)20-15-6-4-13(5-7-15)16(18)10-17(3)14-8-9-19-11-14/h4-7,12,14,16,18H,8-11H2,1-3H3. The molecule has 0 bridgehead atoms. The third-order valence-electron chi connectivity index (χ3n) is 3.63. The first-order valence-corrected chi connectivity index (χ1v) is 7.29. The molecule has 0 spiro atoms. The fourth-order valence-corrected chi connectivity index (χ4v) is 2.44. The van der Waals surface area contributed by atoms with Crippen LogP contribution in [0.1, 0.15) is 31.9 Å². The maximum Gasteiger partial charge on any atom is 0.119 e. The summed E-state index contributed by atoms with van der Waals surface area (Å²) in [5, 5.41) is 10.3. The molecule has 0 saturated carbocycles. The zero-order chi connectivity index (χ0) is 14.5. The Morgan fingerprint density at radius 1 is 1.35 bits per heavy atom. The fraction of sp³-hybridized carbons (Fsp3) is 0.625. The van der Waals surface area contributed by atoms with Gasteiger partial charge in [0.15, 0.2) is 0 Å². The first-order valence-electron chi connectivity index (χ1n) is 7.29. The van der Waals surface area contributed by atoms with Crippen LogP contribution in [0.25, 0.3) is 0 Å². The van der Waals surface area contributed by atoms with Gasteiger partial charge in [-0.2, -0.15) is 0 Å². The van der Waals surface area contributed by atoms with Crippen molar-refractivity contribution >= 4 is 0 Å². The minimum atomic E-state index is -0.478. The maximum absolute atomic E-state index is 10.3. The molecule has 1 aliphatic rings. The molecule has 1 N–H and O–H groups in total. The van der Waals surface area contributed by atoms with E-state index < -0.39 is 6.10 Å². The van der Waals surface area contributed by atoms with Gasteiger partial charge in [-0.15, -0.1) is 0 Å². The summed E-state index contributed by atoms with van der Waals surface area (Å²) in [4.78, 5) is 2.18. The van der Waals surface area contributed by atoms with Crippen molar-refractivity contribution in [3.8, 4) is 5.75 Å². The average molecular weight is 279 g/mol. The number of likely N-dealkylation sites (N-methyl/N-ethyl adjacent to an activating group) is 1. The molecule has 2 rings (SSSR count). The van der Waals surface area contributed by atoms with Gasteiger partial charge in [0.2, 0.25) is 0 Å². The van der Waals surface area contributed by atoms with Crippen molar-refractivity contribution in [2.45, 2.75) is 38.5 Å². The molecule has 1 aromatic rings. The van der Waals surface area contributed by atoms with Gasteiger partial charge >= 0.3 is 0 Å². The smallest absolute Gasteiger partial charge is 0.119 e. The van der Waals surface area contributed by atoms with Crippen LogP contribution in [0.2, 0.25) is 0 Å². The highest BCUT2D eigenvalue weighted by Gasteiger charge is 2.22. The molecule has 0 radical (unpaired) electrons. The molecule has 0 amide bonds. The van der Waals surface area contributed by atoms with Crippen LogP contribution in [0.3, 0.4) is 0 Å². The van der Waals surface area contributed by atoms with Crippen molar-refractivity contribution in [1.82, 2.24) is 4.90 Å². The Hall–Kier alpha value is -1.10. The van der Waals surface area contributed by atoms with Gasteiger partial charge in [-0.3, -0.25) is 4.90 Å². The highest BCUT2D eigenvalue weighted by atomic mass is 16.5. The Morgan fingerprint density at radius 3 is 2.60 bits per heavy atom. The first kappa shape index (κ1) is 15.3. The molecular formula is C16H25NO3. The number of rotatable bonds is 6. The highest BCUT2D eigenvalue weighted by molar-refractivity contribution is 5.28. The van der Waals surface area contributed by atoms with Gasteiger partial charge in [-0.1, -0.05) is 12.1 Å². The van der Waals surface area contributed by atoms with Gasteiger partial charge in [0, 0.05) is 19.2 Å². The number of aliphatic hydroxyl groups excluding tert-OH is 1. The van der Waals surface area contributed by atoms with Crippen molar-refractivity contribution in [2.24, 2.45) is 0 Å². The SMILES string of the molecule is CC(C)Oc1ccc(C(O)CN(C)C2CCOC2)cc1. The zero-order valence-corrected chi connectivity index (χ0v) is 12.6. The summed E-state index contributed by atoms with van der Waals surface area (Å²) in [6.45, 7) is 6.22. The molecule has 20 heavy (non-hydrogen) atoms. The Morgan fingerprint density at radius 2 is 2.05 bits per heavy atom. The second kappa shape index (κ2) is 7.07. The molecule has 1 aromatic carbocycles. The minimum absolute atomic E-state index is 0.166. The van der Waals surface area contributed by atoms with Crippen LogP contribution in [-0.2, 0) is 4.74 Å². The summed E-state index contributed by atoms with van der Waals surface area (Å²) < 4.78 is 11.0. The van der Waals surface area contributed by atoms with E-state index in [4.69, 9.17) is 9.47 Å². The number of nitrogens with zero attached hydrogens (tertiary/aromatic N) is 1. The van der Waals surface area contributed by atoms with E-state index in [0.29, 0.717) is 12.6 Å². The fourth-order valence-electron chi connectivity index (χ4n) is 2.44. The summed E-state index contributed by atoms with van der Waals surface area (Å²) >= 11 is 0. The van der Waals surface area contributed by atoms with Gasteiger partial charge in [-0.05, 0) is 45.0 Å². The Labute approximate surface area is 121 Å². The highest BCUT2D eigenvalue weighted by Crippen LogP contribution is 2.21. The minimum Gasteiger partial charge on any atom is -0.491 e. The molecule has 0 aliphatic carbocycles. The van der Waals surface area contributed by atoms with Crippen molar-refractivity contribution in [3.05, 3.63) is 29.8 Å². The number of benzene rings is 1. The molecule has 1 aliphatic heterocycles. The van der Waals surface area contributed by atoms with Gasteiger partial charge in [-0.25, -0.2) is 0 Å². The molecule has 112 valence electrons. The average Bonchev–Trinajstić information content (AvgIpc) is 2.92. The monoisotopic (exact) mass is 279 g/mol. The van der Waals surface area contributed by atoms with E-state index in [9.17, 15) is 5.11 Å². The summed E-state index contributed by atoms with van der Waals surface area (Å²) in [6, 6.07) is 8.12. The molecule has 2 atom stereocenters. The lowest BCUT2D eigenvalue weighted by molar-refractivity contribution is 0.0949. The normalized spacial score (nSPS) is 20.6. The molecule has 1 saturated heterocycles. The van der Waals surface area contributed by atoms with E-state index in [1.165, 1.54) is 0 Å². The summed E-state index contributed by atoms with van der Waals surface area (Å²) in [6.07, 6.45) is 0.734. The van der Waals surface area contributed by atoms with Gasteiger partial charge in [0.25, 0.3) is 0 Å². The Bertz CT molecular complexity index is 399.